The van der Waals surface area contributed by atoms with Crippen LogP contribution in [-0.4, -0.2) is 57.3 Å². The van der Waals surface area contributed by atoms with Crippen LogP contribution in [0.1, 0.15) is 41.2 Å². The SMILES string of the molecule is CN1C(=O)C(c2ccccc2)CC12CCN(C(=O)c1cnccn1)CC2. The third-order valence-corrected chi connectivity index (χ3v) is 5.89. The first kappa shape index (κ1) is 16.7. The second kappa shape index (κ2) is 6.52. The molecule has 26 heavy (non-hydrogen) atoms. The van der Waals surface area contributed by atoms with Gasteiger partial charge in [-0.15, -0.1) is 0 Å². The lowest BCUT2D eigenvalue weighted by molar-refractivity contribution is -0.131. The zero-order valence-corrected chi connectivity index (χ0v) is 14.8. The normalized spacial score (nSPS) is 22.0. The molecule has 0 saturated carbocycles. The van der Waals surface area contributed by atoms with E-state index in [0.29, 0.717) is 18.8 Å². The molecule has 1 aromatic heterocycles. The van der Waals surface area contributed by atoms with Gasteiger partial charge in [-0.05, 0) is 24.8 Å². The highest BCUT2D eigenvalue weighted by Gasteiger charge is 2.50. The van der Waals surface area contributed by atoms with Crippen LogP contribution in [0.25, 0.3) is 0 Å². The van der Waals surface area contributed by atoms with Gasteiger partial charge in [0.15, 0.2) is 0 Å². The molecule has 2 fully saturated rings. The van der Waals surface area contributed by atoms with E-state index in [1.165, 1.54) is 12.4 Å². The molecule has 0 N–H and O–H groups in total. The summed E-state index contributed by atoms with van der Waals surface area (Å²) in [5, 5.41) is 0. The maximum atomic E-state index is 12.8. The van der Waals surface area contributed by atoms with E-state index >= 15 is 0 Å². The number of carbonyl (C=O) groups excluding carboxylic acids is 2. The predicted molar refractivity (Wildman–Crippen MR) is 96.5 cm³/mol. The lowest BCUT2D eigenvalue weighted by Gasteiger charge is -2.43. The summed E-state index contributed by atoms with van der Waals surface area (Å²) in [6.45, 7) is 1.27. The summed E-state index contributed by atoms with van der Waals surface area (Å²) in [6, 6.07) is 9.99. The van der Waals surface area contributed by atoms with E-state index in [1.54, 1.807) is 6.20 Å². The van der Waals surface area contributed by atoms with E-state index in [4.69, 9.17) is 0 Å². The highest BCUT2D eigenvalue weighted by molar-refractivity contribution is 5.92. The van der Waals surface area contributed by atoms with Crippen LogP contribution in [0.3, 0.4) is 0 Å². The molecule has 2 saturated heterocycles. The third-order valence-electron chi connectivity index (χ3n) is 5.89. The van der Waals surface area contributed by atoms with Crippen molar-refractivity contribution in [1.29, 1.82) is 0 Å². The lowest BCUT2D eigenvalue weighted by Crippen LogP contribution is -2.52. The van der Waals surface area contributed by atoms with Gasteiger partial charge in [-0.1, -0.05) is 30.3 Å². The summed E-state index contributed by atoms with van der Waals surface area (Å²) in [6.07, 6.45) is 7.01. The minimum atomic E-state index is -0.156. The van der Waals surface area contributed by atoms with Gasteiger partial charge in [0.2, 0.25) is 5.91 Å². The molecule has 2 amide bonds. The Morgan fingerprint density at radius 1 is 1.15 bits per heavy atom. The number of rotatable bonds is 2. The Morgan fingerprint density at radius 3 is 2.54 bits per heavy atom. The lowest BCUT2D eigenvalue weighted by atomic mass is 9.81. The molecule has 2 aromatic rings. The van der Waals surface area contributed by atoms with Crippen LogP contribution in [0.15, 0.2) is 48.9 Å². The molecule has 1 unspecified atom stereocenters. The van der Waals surface area contributed by atoms with Crippen LogP contribution in [0.4, 0.5) is 0 Å². The van der Waals surface area contributed by atoms with Gasteiger partial charge in [0.25, 0.3) is 5.91 Å². The number of nitrogens with zero attached hydrogens (tertiary/aromatic N) is 4. The van der Waals surface area contributed by atoms with Crippen LogP contribution in [0, 0.1) is 0 Å². The molecule has 6 nitrogen and oxygen atoms in total. The smallest absolute Gasteiger partial charge is 0.274 e. The summed E-state index contributed by atoms with van der Waals surface area (Å²) >= 11 is 0. The van der Waals surface area contributed by atoms with Crippen molar-refractivity contribution in [3.8, 4) is 0 Å². The van der Waals surface area contributed by atoms with Crippen molar-refractivity contribution in [2.75, 3.05) is 20.1 Å². The largest absolute Gasteiger partial charge is 0.339 e. The van der Waals surface area contributed by atoms with Crippen LogP contribution in [0.5, 0.6) is 0 Å². The number of hydrogen-bond acceptors (Lipinski definition) is 4. The summed E-state index contributed by atoms with van der Waals surface area (Å²) in [5.41, 5.74) is 1.30. The van der Waals surface area contributed by atoms with Crippen molar-refractivity contribution in [2.24, 2.45) is 0 Å². The maximum absolute atomic E-state index is 12.8. The number of likely N-dealkylation sites (N-methyl/N-ethyl adjacent to an activating group) is 1. The quantitative estimate of drug-likeness (QED) is 0.832. The van der Waals surface area contributed by atoms with Crippen molar-refractivity contribution >= 4 is 11.8 Å². The predicted octanol–water partition coefficient (Wildman–Crippen LogP) is 2.10. The van der Waals surface area contributed by atoms with Gasteiger partial charge in [-0.2, -0.15) is 0 Å². The van der Waals surface area contributed by atoms with E-state index in [1.807, 2.05) is 47.2 Å². The fourth-order valence-corrected chi connectivity index (χ4v) is 4.25. The standard InChI is InChI=1S/C20H22N4O2/c1-23-18(25)16(15-5-3-2-4-6-15)13-20(23)7-11-24(12-8-20)19(26)17-14-21-9-10-22-17/h2-6,9-10,14,16H,7-8,11-13H2,1H3. The average Bonchev–Trinajstić information content (AvgIpc) is 2.95. The van der Waals surface area contributed by atoms with Gasteiger partial charge >= 0.3 is 0 Å². The van der Waals surface area contributed by atoms with Crippen molar-refractivity contribution in [3.05, 3.63) is 60.2 Å². The Labute approximate surface area is 152 Å². The molecule has 0 radical (unpaired) electrons. The summed E-state index contributed by atoms with van der Waals surface area (Å²) in [5.74, 6) is 0.0212. The number of likely N-dealkylation sites (tertiary alicyclic amines) is 2. The van der Waals surface area contributed by atoms with Gasteiger partial charge < -0.3 is 9.80 Å². The molecule has 1 aromatic carbocycles. The van der Waals surface area contributed by atoms with Gasteiger partial charge in [0.05, 0.1) is 12.1 Å². The van der Waals surface area contributed by atoms with Crippen molar-refractivity contribution < 1.29 is 9.59 Å². The molecule has 2 aliphatic heterocycles. The molecule has 134 valence electrons. The number of aromatic nitrogens is 2. The van der Waals surface area contributed by atoms with Crippen LogP contribution in [0.2, 0.25) is 0 Å². The Kier molecular flexibility index (Phi) is 4.18. The first-order valence-corrected chi connectivity index (χ1v) is 8.99. The fourth-order valence-electron chi connectivity index (χ4n) is 4.25. The first-order valence-electron chi connectivity index (χ1n) is 8.99. The molecular formula is C20H22N4O2. The molecule has 3 heterocycles. The summed E-state index contributed by atoms with van der Waals surface area (Å²) < 4.78 is 0. The van der Waals surface area contributed by atoms with E-state index in [2.05, 4.69) is 9.97 Å². The summed E-state index contributed by atoms with van der Waals surface area (Å²) in [4.78, 5) is 37.2. The minimum Gasteiger partial charge on any atom is -0.339 e. The summed E-state index contributed by atoms with van der Waals surface area (Å²) in [7, 11) is 1.91. The number of amides is 2. The molecular weight excluding hydrogens is 328 g/mol. The van der Waals surface area contributed by atoms with E-state index in [-0.39, 0.29) is 23.3 Å². The van der Waals surface area contributed by atoms with Crippen molar-refractivity contribution in [1.82, 2.24) is 19.8 Å². The average molecular weight is 350 g/mol. The topological polar surface area (TPSA) is 66.4 Å². The molecule has 1 spiro atoms. The van der Waals surface area contributed by atoms with Gasteiger partial charge in [0, 0.05) is 38.1 Å². The Bertz CT molecular complexity index is 801. The third kappa shape index (κ3) is 2.75. The highest BCUT2D eigenvalue weighted by Crippen LogP contribution is 2.44. The molecule has 0 bridgehead atoms. The molecule has 2 aliphatic rings. The van der Waals surface area contributed by atoms with E-state index in [9.17, 15) is 9.59 Å². The Morgan fingerprint density at radius 2 is 1.88 bits per heavy atom. The van der Waals surface area contributed by atoms with Crippen molar-refractivity contribution in [3.63, 3.8) is 0 Å². The van der Waals surface area contributed by atoms with Crippen LogP contribution in [-0.2, 0) is 4.79 Å². The van der Waals surface area contributed by atoms with Gasteiger partial charge in [-0.25, -0.2) is 4.98 Å². The zero-order valence-electron chi connectivity index (χ0n) is 14.8. The maximum Gasteiger partial charge on any atom is 0.274 e. The monoisotopic (exact) mass is 350 g/mol. The second-order valence-electron chi connectivity index (χ2n) is 7.17. The second-order valence-corrected chi connectivity index (χ2v) is 7.17. The molecule has 6 heteroatoms. The minimum absolute atomic E-state index is 0.0801. The molecule has 1 atom stereocenters. The van der Waals surface area contributed by atoms with E-state index < -0.39 is 0 Å². The van der Waals surface area contributed by atoms with Gasteiger partial charge in [0.1, 0.15) is 5.69 Å². The fraction of sp³-hybridized carbons (Fsp3) is 0.400. The van der Waals surface area contributed by atoms with Crippen LogP contribution >= 0.6 is 0 Å². The number of carbonyl (C=O) groups is 2. The Hall–Kier alpha value is -2.76. The van der Waals surface area contributed by atoms with Gasteiger partial charge in [-0.3, -0.25) is 14.6 Å². The van der Waals surface area contributed by atoms with E-state index in [0.717, 1.165) is 24.8 Å². The van der Waals surface area contributed by atoms with Crippen molar-refractivity contribution in [2.45, 2.75) is 30.7 Å². The molecule has 0 aliphatic carbocycles. The Balaban J connectivity index is 1.48. The number of piperidine rings is 1. The molecule has 4 rings (SSSR count). The number of hydrogen-bond donors (Lipinski definition) is 0. The zero-order chi connectivity index (χ0) is 18.1. The first-order chi connectivity index (χ1) is 12.6. The van der Waals surface area contributed by atoms with Crippen LogP contribution < -0.4 is 0 Å². The highest BCUT2D eigenvalue weighted by atomic mass is 16.2. The number of benzene rings is 1.